The van der Waals surface area contributed by atoms with Gasteiger partial charge in [0.05, 0.1) is 6.54 Å². The van der Waals surface area contributed by atoms with Crippen molar-refractivity contribution < 1.29 is 9.53 Å². The van der Waals surface area contributed by atoms with Crippen LogP contribution in [0.4, 0.5) is 0 Å². The van der Waals surface area contributed by atoms with Gasteiger partial charge in [0.25, 0.3) is 11.5 Å². The van der Waals surface area contributed by atoms with Gasteiger partial charge in [-0.2, -0.15) is 16.4 Å². The van der Waals surface area contributed by atoms with Crippen molar-refractivity contribution in [2.75, 3.05) is 13.2 Å². The number of amides is 1. The lowest BCUT2D eigenvalue weighted by atomic mass is 10.2. The number of hydrogen-bond donors (Lipinski definition) is 1. The van der Waals surface area contributed by atoms with Gasteiger partial charge in [-0.05, 0) is 47.0 Å². The smallest absolute Gasteiger partial charge is 0.271 e. The van der Waals surface area contributed by atoms with Gasteiger partial charge in [0, 0.05) is 12.6 Å². The van der Waals surface area contributed by atoms with Crippen LogP contribution in [0, 0.1) is 0 Å². The Morgan fingerprint density at radius 2 is 2.00 bits per heavy atom. The summed E-state index contributed by atoms with van der Waals surface area (Å²) in [4.78, 5) is 24.1. The van der Waals surface area contributed by atoms with Crippen molar-refractivity contribution in [1.82, 2.24) is 15.1 Å². The molecular weight excluding hydrogens is 350 g/mol. The maximum Gasteiger partial charge on any atom is 0.271 e. The molecule has 0 saturated heterocycles. The first-order valence-electron chi connectivity index (χ1n) is 8.28. The second-order valence-corrected chi connectivity index (χ2v) is 6.36. The van der Waals surface area contributed by atoms with Crippen LogP contribution in [-0.2, 0) is 13.0 Å². The normalized spacial score (nSPS) is 10.5. The Labute approximate surface area is 155 Å². The third-order valence-corrected chi connectivity index (χ3v) is 4.43. The Morgan fingerprint density at radius 1 is 1.15 bits per heavy atom. The van der Waals surface area contributed by atoms with Crippen LogP contribution < -0.4 is 15.6 Å². The second-order valence-electron chi connectivity index (χ2n) is 5.58. The third-order valence-electron chi connectivity index (χ3n) is 3.69. The number of nitrogens with zero attached hydrogens (tertiary/aromatic N) is 2. The summed E-state index contributed by atoms with van der Waals surface area (Å²) in [7, 11) is 0. The van der Waals surface area contributed by atoms with Crippen LogP contribution >= 0.6 is 11.3 Å². The summed E-state index contributed by atoms with van der Waals surface area (Å²) in [5.74, 6) is 0.431. The highest BCUT2D eigenvalue weighted by Gasteiger charge is 2.09. The monoisotopic (exact) mass is 369 g/mol. The third kappa shape index (κ3) is 5.03. The molecule has 0 saturated carbocycles. The summed E-state index contributed by atoms with van der Waals surface area (Å²) in [5.41, 5.74) is 1.14. The van der Waals surface area contributed by atoms with E-state index in [0.717, 1.165) is 12.2 Å². The molecule has 0 radical (unpaired) electrons. The zero-order valence-corrected chi connectivity index (χ0v) is 14.9. The van der Waals surface area contributed by atoms with Gasteiger partial charge in [-0.15, -0.1) is 0 Å². The zero-order valence-electron chi connectivity index (χ0n) is 14.1. The quantitative estimate of drug-likeness (QED) is 0.662. The highest BCUT2D eigenvalue weighted by atomic mass is 32.1. The Morgan fingerprint density at radius 3 is 2.77 bits per heavy atom. The van der Waals surface area contributed by atoms with Crippen molar-refractivity contribution >= 4 is 17.2 Å². The van der Waals surface area contributed by atoms with Crippen LogP contribution in [0.3, 0.4) is 0 Å². The molecule has 0 unspecified atom stereocenters. The molecule has 3 aromatic rings. The van der Waals surface area contributed by atoms with Crippen molar-refractivity contribution in [3.05, 3.63) is 80.9 Å². The minimum Gasteiger partial charge on any atom is -0.492 e. The molecule has 26 heavy (non-hydrogen) atoms. The van der Waals surface area contributed by atoms with E-state index in [9.17, 15) is 9.59 Å². The SMILES string of the molecule is O=C(NCCc1ccsc1)c1ccc(=O)n(CCOc2ccccc2)n1. The molecule has 0 aliphatic rings. The van der Waals surface area contributed by atoms with Gasteiger partial charge in [0.1, 0.15) is 18.1 Å². The Balaban J connectivity index is 1.54. The minimum atomic E-state index is -0.294. The van der Waals surface area contributed by atoms with Crippen molar-refractivity contribution in [2.45, 2.75) is 13.0 Å². The van der Waals surface area contributed by atoms with Crippen LogP contribution in [0.25, 0.3) is 0 Å². The molecule has 1 amide bonds. The molecule has 0 atom stereocenters. The second kappa shape index (κ2) is 8.96. The van der Waals surface area contributed by atoms with E-state index in [1.807, 2.05) is 41.8 Å². The molecule has 7 heteroatoms. The van der Waals surface area contributed by atoms with Gasteiger partial charge in [0.2, 0.25) is 0 Å². The lowest BCUT2D eigenvalue weighted by Crippen LogP contribution is -2.31. The van der Waals surface area contributed by atoms with Crippen LogP contribution in [-0.4, -0.2) is 28.8 Å². The van der Waals surface area contributed by atoms with Crippen LogP contribution in [0.2, 0.25) is 0 Å². The van der Waals surface area contributed by atoms with E-state index in [1.54, 1.807) is 11.3 Å². The fourth-order valence-corrected chi connectivity index (χ4v) is 3.05. The number of rotatable bonds is 8. The minimum absolute atomic E-state index is 0.217. The molecule has 2 aromatic heterocycles. The molecule has 0 aliphatic heterocycles. The van der Waals surface area contributed by atoms with E-state index < -0.39 is 0 Å². The van der Waals surface area contributed by atoms with Crippen LogP contribution in [0.1, 0.15) is 16.1 Å². The largest absolute Gasteiger partial charge is 0.492 e. The number of carbonyl (C=O) groups excluding carboxylic acids is 1. The number of ether oxygens (including phenoxy) is 1. The van der Waals surface area contributed by atoms with Crippen molar-refractivity contribution in [2.24, 2.45) is 0 Å². The number of thiophene rings is 1. The van der Waals surface area contributed by atoms with E-state index in [2.05, 4.69) is 15.8 Å². The van der Waals surface area contributed by atoms with Gasteiger partial charge in [-0.3, -0.25) is 9.59 Å². The molecule has 3 rings (SSSR count). The molecule has 0 bridgehead atoms. The highest BCUT2D eigenvalue weighted by Crippen LogP contribution is 2.08. The fourth-order valence-electron chi connectivity index (χ4n) is 2.34. The summed E-state index contributed by atoms with van der Waals surface area (Å²) >= 11 is 1.63. The molecular formula is C19H19N3O3S. The van der Waals surface area contributed by atoms with Crippen LogP contribution in [0.15, 0.2) is 64.1 Å². The van der Waals surface area contributed by atoms with Gasteiger partial charge in [-0.25, -0.2) is 4.68 Å². The molecule has 0 aliphatic carbocycles. The Kier molecular flexibility index (Phi) is 6.16. The first-order valence-corrected chi connectivity index (χ1v) is 9.22. The molecule has 0 spiro atoms. The number of hydrogen-bond acceptors (Lipinski definition) is 5. The van der Waals surface area contributed by atoms with Crippen molar-refractivity contribution in [3.63, 3.8) is 0 Å². The number of carbonyl (C=O) groups is 1. The standard InChI is InChI=1S/C19H19N3O3S/c23-18-7-6-17(19(24)20-10-8-15-9-13-26-14-15)21-22(18)11-12-25-16-4-2-1-3-5-16/h1-7,9,13-14H,8,10-12H2,(H,20,24). The first-order chi connectivity index (χ1) is 12.7. The van der Waals surface area contributed by atoms with E-state index in [4.69, 9.17) is 4.74 Å². The van der Waals surface area contributed by atoms with Gasteiger partial charge < -0.3 is 10.1 Å². The Hall–Kier alpha value is -2.93. The lowest BCUT2D eigenvalue weighted by molar-refractivity contribution is 0.0946. The number of benzene rings is 1. The number of para-hydroxylation sites is 1. The average molecular weight is 369 g/mol. The van der Waals surface area contributed by atoms with Crippen molar-refractivity contribution in [3.8, 4) is 5.75 Å². The fraction of sp³-hybridized carbons (Fsp3) is 0.211. The van der Waals surface area contributed by atoms with E-state index in [1.165, 1.54) is 22.4 Å². The molecule has 1 aromatic carbocycles. The van der Waals surface area contributed by atoms with E-state index >= 15 is 0 Å². The topological polar surface area (TPSA) is 73.2 Å². The summed E-state index contributed by atoms with van der Waals surface area (Å²) in [6.45, 7) is 1.08. The predicted molar refractivity (Wildman–Crippen MR) is 101 cm³/mol. The highest BCUT2D eigenvalue weighted by molar-refractivity contribution is 7.07. The van der Waals surface area contributed by atoms with Crippen LogP contribution in [0.5, 0.6) is 5.75 Å². The summed E-state index contributed by atoms with van der Waals surface area (Å²) in [5, 5.41) is 11.0. The molecule has 1 N–H and O–H groups in total. The maximum absolute atomic E-state index is 12.2. The van der Waals surface area contributed by atoms with E-state index in [-0.39, 0.29) is 23.7 Å². The Bertz CT molecular complexity index is 892. The maximum atomic E-state index is 12.2. The number of aromatic nitrogens is 2. The average Bonchev–Trinajstić information content (AvgIpc) is 3.17. The molecule has 2 heterocycles. The van der Waals surface area contributed by atoms with Gasteiger partial charge in [0.15, 0.2) is 0 Å². The van der Waals surface area contributed by atoms with E-state index in [0.29, 0.717) is 13.2 Å². The zero-order chi connectivity index (χ0) is 18.2. The summed E-state index contributed by atoms with van der Waals surface area (Å²) in [6, 6.07) is 14.2. The van der Waals surface area contributed by atoms with Gasteiger partial charge >= 0.3 is 0 Å². The lowest BCUT2D eigenvalue weighted by Gasteiger charge is -2.09. The molecule has 0 fully saturated rings. The molecule has 134 valence electrons. The van der Waals surface area contributed by atoms with Gasteiger partial charge in [-0.1, -0.05) is 18.2 Å². The number of nitrogens with one attached hydrogen (secondary N) is 1. The summed E-state index contributed by atoms with van der Waals surface area (Å²) < 4.78 is 6.82. The first kappa shape index (κ1) is 17.9. The predicted octanol–water partition coefficient (Wildman–Crippen LogP) is 2.36. The summed E-state index contributed by atoms with van der Waals surface area (Å²) in [6.07, 6.45) is 0.764. The van der Waals surface area contributed by atoms with Crippen molar-refractivity contribution in [1.29, 1.82) is 0 Å². The molecule has 6 nitrogen and oxygen atoms in total.